The van der Waals surface area contributed by atoms with Crippen LogP contribution in [0.5, 0.6) is 11.5 Å². The molecular formula is C28H31ClN2O5. The van der Waals surface area contributed by atoms with Crippen molar-refractivity contribution in [3.05, 3.63) is 83.3 Å². The lowest BCUT2D eigenvalue weighted by molar-refractivity contribution is -0.141. The molecule has 0 radical (unpaired) electrons. The number of aryl methyl sites for hydroxylation is 1. The van der Waals surface area contributed by atoms with Gasteiger partial charge in [0, 0.05) is 13.1 Å². The van der Waals surface area contributed by atoms with Crippen LogP contribution in [0.4, 0.5) is 0 Å². The largest absolute Gasteiger partial charge is 0.464 e. The molecule has 1 aromatic heterocycles. The fraction of sp³-hybridized carbons (Fsp3) is 0.357. The summed E-state index contributed by atoms with van der Waals surface area (Å²) in [5.74, 6) is 2.44. The van der Waals surface area contributed by atoms with Crippen LogP contribution in [0.1, 0.15) is 41.9 Å². The quantitative estimate of drug-likeness (QED) is 0.346. The molecule has 1 atom stereocenters. The van der Waals surface area contributed by atoms with E-state index in [1.165, 1.54) is 0 Å². The summed E-state index contributed by atoms with van der Waals surface area (Å²) >= 11 is 6.56. The number of hydrogen-bond acceptors (Lipinski definition) is 5. The van der Waals surface area contributed by atoms with Crippen molar-refractivity contribution >= 4 is 23.4 Å². The molecular weight excluding hydrogens is 480 g/mol. The fourth-order valence-electron chi connectivity index (χ4n) is 4.11. The number of fused-ring (bicyclic) bond motifs is 1. The lowest BCUT2D eigenvalue weighted by atomic mass is 10.1. The smallest absolute Gasteiger partial charge is 0.245 e. The molecule has 2 heterocycles. The van der Waals surface area contributed by atoms with Gasteiger partial charge in [-0.1, -0.05) is 50.2 Å². The Hall–Kier alpha value is -3.45. The molecule has 4 rings (SSSR count). The van der Waals surface area contributed by atoms with Gasteiger partial charge in [0.15, 0.2) is 11.5 Å². The highest BCUT2D eigenvalue weighted by atomic mass is 35.5. The second-order valence-electron chi connectivity index (χ2n) is 9.34. The van der Waals surface area contributed by atoms with E-state index in [4.69, 9.17) is 25.5 Å². The molecule has 1 aliphatic rings. The van der Waals surface area contributed by atoms with Crippen LogP contribution in [0.3, 0.4) is 0 Å². The van der Waals surface area contributed by atoms with Crippen LogP contribution >= 0.6 is 11.6 Å². The van der Waals surface area contributed by atoms with Gasteiger partial charge in [-0.05, 0) is 48.2 Å². The highest BCUT2D eigenvalue weighted by molar-refractivity contribution is 6.30. The number of furan rings is 1. The van der Waals surface area contributed by atoms with E-state index in [1.807, 2.05) is 81.4 Å². The van der Waals surface area contributed by atoms with E-state index in [1.54, 1.807) is 9.80 Å². The second kappa shape index (κ2) is 11.5. The third kappa shape index (κ3) is 6.40. The Morgan fingerprint density at radius 3 is 2.39 bits per heavy atom. The number of amides is 2. The Labute approximate surface area is 216 Å². The zero-order valence-electron chi connectivity index (χ0n) is 20.8. The number of carbonyl (C=O) groups excluding carboxylic acids is 2. The maximum Gasteiger partial charge on any atom is 0.245 e. The molecule has 36 heavy (non-hydrogen) atoms. The minimum Gasteiger partial charge on any atom is -0.464 e. The lowest BCUT2D eigenvalue weighted by Crippen LogP contribution is -2.44. The molecule has 190 valence electrons. The standard InChI is InChI=1S/C28H31ClN2O5/c1-19(2)14-31(28(33)27(29)22-7-5-4-6-8-22)17-26(32)30(16-23-11-9-20(3)36-23)15-21-10-12-24-25(13-21)35-18-34-24/h4-13,19,27H,14-18H2,1-3H3. The summed E-state index contributed by atoms with van der Waals surface area (Å²) in [5, 5.41) is -0.868. The topological polar surface area (TPSA) is 72.2 Å². The summed E-state index contributed by atoms with van der Waals surface area (Å²) in [7, 11) is 0. The lowest BCUT2D eigenvalue weighted by Gasteiger charge is -2.30. The number of nitrogens with zero attached hydrogens (tertiary/aromatic N) is 2. The van der Waals surface area contributed by atoms with Gasteiger partial charge in [-0.2, -0.15) is 0 Å². The molecule has 0 bridgehead atoms. The van der Waals surface area contributed by atoms with Crippen molar-refractivity contribution in [2.24, 2.45) is 5.92 Å². The summed E-state index contributed by atoms with van der Waals surface area (Å²) in [6.45, 7) is 6.98. The van der Waals surface area contributed by atoms with Gasteiger partial charge in [0.2, 0.25) is 18.6 Å². The molecule has 8 heteroatoms. The number of rotatable bonds is 10. The van der Waals surface area contributed by atoms with Gasteiger partial charge in [0.25, 0.3) is 0 Å². The first kappa shape index (κ1) is 25.6. The number of hydrogen-bond donors (Lipinski definition) is 0. The van der Waals surface area contributed by atoms with Gasteiger partial charge in [-0.3, -0.25) is 9.59 Å². The van der Waals surface area contributed by atoms with E-state index >= 15 is 0 Å². The van der Waals surface area contributed by atoms with Gasteiger partial charge >= 0.3 is 0 Å². The van der Waals surface area contributed by atoms with Crippen LogP contribution in [-0.4, -0.2) is 41.5 Å². The van der Waals surface area contributed by atoms with E-state index in [-0.39, 0.29) is 37.6 Å². The van der Waals surface area contributed by atoms with E-state index in [0.717, 1.165) is 11.3 Å². The van der Waals surface area contributed by atoms with Crippen LogP contribution in [0.2, 0.25) is 0 Å². The summed E-state index contributed by atoms with van der Waals surface area (Å²) < 4.78 is 16.7. The predicted molar refractivity (Wildman–Crippen MR) is 137 cm³/mol. The van der Waals surface area contributed by atoms with Gasteiger partial charge < -0.3 is 23.7 Å². The average Bonchev–Trinajstić information content (AvgIpc) is 3.50. The maximum atomic E-state index is 13.6. The highest BCUT2D eigenvalue weighted by Gasteiger charge is 2.28. The van der Waals surface area contributed by atoms with Crippen LogP contribution in [0, 0.1) is 12.8 Å². The number of alkyl halides is 1. The average molecular weight is 511 g/mol. The fourth-order valence-corrected chi connectivity index (χ4v) is 4.40. The van der Waals surface area contributed by atoms with Crippen molar-refractivity contribution in [3.63, 3.8) is 0 Å². The number of ether oxygens (including phenoxy) is 2. The third-order valence-electron chi connectivity index (χ3n) is 5.84. The van der Waals surface area contributed by atoms with Crippen molar-refractivity contribution in [1.29, 1.82) is 0 Å². The van der Waals surface area contributed by atoms with Gasteiger partial charge in [-0.25, -0.2) is 0 Å². The van der Waals surface area contributed by atoms with Crippen molar-refractivity contribution < 1.29 is 23.5 Å². The van der Waals surface area contributed by atoms with Crippen molar-refractivity contribution in [1.82, 2.24) is 9.80 Å². The molecule has 0 spiro atoms. The van der Waals surface area contributed by atoms with Crippen molar-refractivity contribution in [2.75, 3.05) is 19.9 Å². The molecule has 2 aromatic carbocycles. The van der Waals surface area contributed by atoms with E-state index in [2.05, 4.69) is 0 Å². The summed E-state index contributed by atoms with van der Waals surface area (Å²) in [4.78, 5) is 30.2. The second-order valence-corrected chi connectivity index (χ2v) is 9.77. The van der Waals surface area contributed by atoms with Crippen molar-refractivity contribution in [3.8, 4) is 11.5 Å². The molecule has 3 aromatic rings. The van der Waals surface area contributed by atoms with E-state index < -0.39 is 5.38 Å². The molecule has 0 fully saturated rings. The normalized spacial score (nSPS) is 13.0. The minimum absolute atomic E-state index is 0.0860. The van der Waals surface area contributed by atoms with Gasteiger partial charge in [0.1, 0.15) is 16.9 Å². The first-order valence-corrected chi connectivity index (χ1v) is 12.4. The Morgan fingerprint density at radius 2 is 1.69 bits per heavy atom. The Balaban J connectivity index is 1.54. The molecule has 0 saturated heterocycles. The Kier molecular flexibility index (Phi) is 8.21. The van der Waals surface area contributed by atoms with Crippen LogP contribution in [0.25, 0.3) is 0 Å². The number of benzene rings is 2. The SMILES string of the molecule is Cc1ccc(CN(Cc2ccc3c(c2)OCO3)C(=O)CN(CC(C)C)C(=O)C(Cl)c2ccccc2)o1. The maximum absolute atomic E-state index is 13.6. The zero-order chi connectivity index (χ0) is 25.7. The highest BCUT2D eigenvalue weighted by Crippen LogP contribution is 2.33. The summed E-state index contributed by atoms with van der Waals surface area (Å²) in [5.41, 5.74) is 1.59. The number of halogens is 1. The number of carbonyl (C=O) groups is 2. The zero-order valence-corrected chi connectivity index (χ0v) is 21.5. The van der Waals surface area contributed by atoms with Crippen LogP contribution < -0.4 is 9.47 Å². The summed E-state index contributed by atoms with van der Waals surface area (Å²) in [6.07, 6.45) is 0. The molecule has 0 aliphatic carbocycles. The first-order chi connectivity index (χ1) is 17.3. The first-order valence-electron chi connectivity index (χ1n) is 12.0. The molecule has 1 unspecified atom stereocenters. The monoisotopic (exact) mass is 510 g/mol. The molecule has 0 saturated carbocycles. The van der Waals surface area contributed by atoms with Gasteiger partial charge in [0.05, 0.1) is 13.1 Å². The molecule has 7 nitrogen and oxygen atoms in total. The predicted octanol–water partition coefficient (Wildman–Crippen LogP) is 5.31. The summed E-state index contributed by atoms with van der Waals surface area (Å²) in [6, 6.07) is 18.5. The van der Waals surface area contributed by atoms with E-state index in [0.29, 0.717) is 35.9 Å². The molecule has 0 N–H and O–H groups in total. The third-order valence-corrected chi connectivity index (χ3v) is 6.28. The van der Waals surface area contributed by atoms with Crippen LogP contribution in [-0.2, 0) is 22.7 Å². The minimum atomic E-state index is -0.868. The Bertz CT molecular complexity index is 1190. The van der Waals surface area contributed by atoms with E-state index in [9.17, 15) is 9.59 Å². The van der Waals surface area contributed by atoms with Crippen molar-refractivity contribution in [2.45, 2.75) is 39.2 Å². The molecule has 2 amide bonds. The molecule has 1 aliphatic heterocycles. The van der Waals surface area contributed by atoms with Crippen LogP contribution in [0.15, 0.2) is 65.1 Å². The van der Waals surface area contributed by atoms with Gasteiger partial charge in [-0.15, -0.1) is 11.6 Å². The Morgan fingerprint density at radius 1 is 0.944 bits per heavy atom.